The molecule has 0 atom stereocenters. The summed E-state index contributed by atoms with van der Waals surface area (Å²) in [6, 6.07) is 68.5. The van der Waals surface area contributed by atoms with Gasteiger partial charge in [0, 0.05) is 58.4 Å². The molecular formula is C55H32N4OS. The Balaban J connectivity index is 1.13. The van der Waals surface area contributed by atoms with E-state index in [1.807, 2.05) is 18.2 Å². The Labute approximate surface area is 353 Å². The van der Waals surface area contributed by atoms with E-state index in [0.29, 0.717) is 17.5 Å². The Kier molecular flexibility index (Phi) is 7.41. The first-order valence-electron chi connectivity index (χ1n) is 20.4. The normalized spacial score (nSPS) is 11.9. The summed E-state index contributed by atoms with van der Waals surface area (Å²) in [7, 11) is 0. The molecule has 0 fully saturated rings. The maximum Gasteiger partial charge on any atom is 0.166 e. The molecule has 0 aliphatic carbocycles. The molecule has 284 valence electrons. The van der Waals surface area contributed by atoms with Gasteiger partial charge in [-0.25, -0.2) is 15.0 Å². The van der Waals surface area contributed by atoms with Crippen molar-refractivity contribution < 1.29 is 4.42 Å². The van der Waals surface area contributed by atoms with E-state index < -0.39 is 0 Å². The van der Waals surface area contributed by atoms with E-state index in [1.54, 1.807) is 11.3 Å². The number of thiophene rings is 1. The number of benzene rings is 9. The second-order valence-corrected chi connectivity index (χ2v) is 16.7. The van der Waals surface area contributed by atoms with Crippen LogP contribution in [0, 0.1) is 0 Å². The number of rotatable bonds is 5. The summed E-state index contributed by atoms with van der Waals surface area (Å²) in [5.41, 5.74) is 9.54. The van der Waals surface area contributed by atoms with E-state index in [4.69, 9.17) is 19.4 Å². The minimum absolute atomic E-state index is 0.561. The summed E-state index contributed by atoms with van der Waals surface area (Å²) in [6.45, 7) is 0. The van der Waals surface area contributed by atoms with Gasteiger partial charge in [-0.15, -0.1) is 11.3 Å². The van der Waals surface area contributed by atoms with Crippen LogP contribution in [0.4, 0.5) is 0 Å². The van der Waals surface area contributed by atoms with Crippen LogP contribution in [0.25, 0.3) is 126 Å². The van der Waals surface area contributed by atoms with Crippen LogP contribution in [0.15, 0.2) is 199 Å². The fraction of sp³-hybridized carbons (Fsp3) is 0. The van der Waals surface area contributed by atoms with Crippen LogP contribution in [0.5, 0.6) is 0 Å². The van der Waals surface area contributed by atoms with Crippen molar-refractivity contribution in [3.8, 4) is 51.0 Å². The molecule has 0 unspecified atom stereocenters. The first kappa shape index (κ1) is 34.0. The van der Waals surface area contributed by atoms with Gasteiger partial charge < -0.3 is 8.98 Å². The van der Waals surface area contributed by atoms with Gasteiger partial charge in [0.15, 0.2) is 23.1 Å². The maximum absolute atomic E-state index is 6.94. The predicted molar refractivity (Wildman–Crippen MR) is 254 cm³/mol. The van der Waals surface area contributed by atoms with Gasteiger partial charge in [-0.05, 0) is 76.5 Å². The van der Waals surface area contributed by atoms with Crippen LogP contribution in [-0.2, 0) is 0 Å². The Morgan fingerprint density at radius 3 is 1.89 bits per heavy atom. The lowest BCUT2D eigenvalue weighted by atomic mass is 10.0. The number of para-hydroxylation sites is 2. The highest BCUT2D eigenvalue weighted by Crippen LogP contribution is 2.44. The lowest BCUT2D eigenvalue weighted by molar-refractivity contribution is 0.666. The number of hydrogen-bond donors (Lipinski definition) is 0. The fourth-order valence-electron chi connectivity index (χ4n) is 9.16. The molecule has 0 aliphatic heterocycles. The van der Waals surface area contributed by atoms with Gasteiger partial charge in [-0.2, -0.15) is 0 Å². The van der Waals surface area contributed by atoms with E-state index in [1.165, 1.54) is 30.9 Å². The topological polar surface area (TPSA) is 56.7 Å². The Morgan fingerprint density at radius 2 is 1.02 bits per heavy atom. The lowest BCUT2D eigenvalue weighted by Crippen LogP contribution is -2.04. The molecule has 0 aliphatic rings. The van der Waals surface area contributed by atoms with E-state index in [2.05, 4.69) is 180 Å². The number of aromatic nitrogens is 4. The molecule has 6 heteroatoms. The standard InChI is InChI=1S/C55H32N4OS/c1-2-13-33(14-3-1)34-17-12-18-37(29-34)53-56-54(38-25-26-42-41-21-8-11-24-49(41)61-50(42)32-38)58-55(57-53)44-28-27-43-40-20-7-10-23-48(40)60-52(43)51(44)59-46-22-9-6-19-39(46)45-30-35-15-4-5-16-36(35)31-47(45)59/h1-32H. The van der Waals surface area contributed by atoms with Crippen LogP contribution < -0.4 is 0 Å². The van der Waals surface area contributed by atoms with Crippen molar-refractivity contribution in [1.82, 2.24) is 19.5 Å². The molecule has 0 amide bonds. The molecule has 0 spiro atoms. The Bertz CT molecular complexity index is 3900. The van der Waals surface area contributed by atoms with Crippen LogP contribution in [0.2, 0.25) is 0 Å². The molecule has 0 saturated carbocycles. The van der Waals surface area contributed by atoms with E-state index in [0.717, 1.165) is 77.2 Å². The molecule has 0 bridgehead atoms. The van der Waals surface area contributed by atoms with Gasteiger partial charge >= 0.3 is 0 Å². The summed E-state index contributed by atoms with van der Waals surface area (Å²) < 4.78 is 11.7. The third-order valence-electron chi connectivity index (χ3n) is 12.0. The third-order valence-corrected chi connectivity index (χ3v) is 13.2. The smallest absolute Gasteiger partial charge is 0.166 e. The minimum Gasteiger partial charge on any atom is -0.454 e. The molecule has 9 aromatic carbocycles. The SMILES string of the molecule is c1ccc(-c2cccc(-c3nc(-c4ccc5c(c4)sc4ccccc45)nc(-c4ccc5c(oc6ccccc65)c4-n4c5ccccc5c5cc6ccccc6cc54)n3)c2)cc1. The van der Waals surface area contributed by atoms with Gasteiger partial charge in [-0.3, -0.25) is 0 Å². The number of furan rings is 1. The number of hydrogen-bond acceptors (Lipinski definition) is 5. The van der Waals surface area contributed by atoms with Gasteiger partial charge in [0.1, 0.15) is 11.3 Å². The van der Waals surface area contributed by atoms with Crippen LogP contribution in [-0.4, -0.2) is 19.5 Å². The summed E-state index contributed by atoms with van der Waals surface area (Å²) in [4.78, 5) is 16.1. The van der Waals surface area contributed by atoms with E-state index in [-0.39, 0.29) is 0 Å². The quantitative estimate of drug-likeness (QED) is 0.174. The van der Waals surface area contributed by atoms with Crippen molar-refractivity contribution in [2.24, 2.45) is 0 Å². The van der Waals surface area contributed by atoms with Crippen molar-refractivity contribution in [1.29, 1.82) is 0 Å². The van der Waals surface area contributed by atoms with Gasteiger partial charge in [0.05, 0.1) is 11.0 Å². The fourth-order valence-corrected chi connectivity index (χ4v) is 10.3. The average Bonchev–Trinajstić information content (AvgIpc) is 4.00. The van der Waals surface area contributed by atoms with E-state index >= 15 is 0 Å². The highest BCUT2D eigenvalue weighted by Gasteiger charge is 2.25. The molecule has 13 aromatic rings. The third kappa shape index (κ3) is 5.36. The van der Waals surface area contributed by atoms with Crippen LogP contribution in [0.1, 0.15) is 0 Å². The highest BCUT2D eigenvalue weighted by molar-refractivity contribution is 7.25. The maximum atomic E-state index is 6.94. The lowest BCUT2D eigenvalue weighted by Gasteiger charge is -2.15. The Hall–Kier alpha value is -7.93. The molecule has 4 heterocycles. The van der Waals surface area contributed by atoms with Crippen LogP contribution in [0.3, 0.4) is 0 Å². The molecule has 4 aromatic heterocycles. The zero-order valence-corrected chi connectivity index (χ0v) is 33.4. The van der Waals surface area contributed by atoms with Gasteiger partial charge in [0.2, 0.25) is 0 Å². The van der Waals surface area contributed by atoms with Crippen molar-refractivity contribution >= 4 is 86.0 Å². The molecule has 0 N–H and O–H groups in total. The Morgan fingerprint density at radius 1 is 0.377 bits per heavy atom. The molecule has 13 rings (SSSR count). The zero-order valence-electron chi connectivity index (χ0n) is 32.6. The molecular weight excluding hydrogens is 765 g/mol. The van der Waals surface area contributed by atoms with Gasteiger partial charge in [0.25, 0.3) is 0 Å². The number of nitrogens with zero attached hydrogens (tertiary/aromatic N) is 4. The second kappa shape index (κ2) is 13.3. The van der Waals surface area contributed by atoms with Crippen molar-refractivity contribution in [2.75, 3.05) is 0 Å². The molecule has 61 heavy (non-hydrogen) atoms. The number of fused-ring (bicyclic) bond motifs is 10. The second-order valence-electron chi connectivity index (χ2n) is 15.6. The van der Waals surface area contributed by atoms with Gasteiger partial charge in [-0.1, -0.05) is 140 Å². The average molecular weight is 797 g/mol. The summed E-state index contributed by atoms with van der Waals surface area (Å²) in [6.07, 6.45) is 0. The highest BCUT2D eigenvalue weighted by atomic mass is 32.1. The first-order valence-corrected chi connectivity index (χ1v) is 21.2. The van der Waals surface area contributed by atoms with Crippen LogP contribution >= 0.6 is 11.3 Å². The largest absolute Gasteiger partial charge is 0.454 e. The van der Waals surface area contributed by atoms with Crippen molar-refractivity contribution in [3.63, 3.8) is 0 Å². The summed E-state index contributed by atoms with van der Waals surface area (Å²) in [5.74, 6) is 1.76. The molecule has 0 radical (unpaired) electrons. The summed E-state index contributed by atoms with van der Waals surface area (Å²) in [5, 5.41) is 9.26. The van der Waals surface area contributed by atoms with Crippen molar-refractivity contribution in [3.05, 3.63) is 194 Å². The zero-order chi connectivity index (χ0) is 40.0. The van der Waals surface area contributed by atoms with Crippen molar-refractivity contribution in [2.45, 2.75) is 0 Å². The molecule has 5 nitrogen and oxygen atoms in total. The van der Waals surface area contributed by atoms with E-state index in [9.17, 15) is 0 Å². The first-order chi connectivity index (χ1) is 30.2. The molecule has 0 saturated heterocycles. The summed E-state index contributed by atoms with van der Waals surface area (Å²) >= 11 is 1.79. The predicted octanol–water partition coefficient (Wildman–Crippen LogP) is 15.1. The minimum atomic E-state index is 0.561. The monoisotopic (exact) mass is 796 g/mol.